The van der Waals surface area contributed by atoms with Gasteiger partial charge in [-0.05, 0) is 63.3 Å². The van der Waals surface area contributed by atoms with Crippen molar-refractivity contribution in [2.75, 3.05) is 11.9 Å². The minimum absolute atomic E-state index is 0.132. The molecule has 0 bridgehead atoms. The molecule has 0 saturated carbocycles. The van der Waals surface area contributed by atoms with E-state index in [1.807, 2.05) is 0 Å². The number of fused-ring (bicyclic) bond motifs is 2. The van der Waals surface area contributed by atoms with Gasteiger partial charge in [-0.25, -0.2) is 9.98 Å². The van der Waals surface area contributed by atoms with Crippen molar-refractivity contribution in [1.82, 2.24) is 14.9 Å². The molecule has 2 aliphatic rings. The lowest BCUT2D eigenvalue weighted by Gasteiger charge is -2.45. The van der Waals surface area contributed by atoms with E-state index in [1.54, 1.807) is 4.79 Å². The van der Waals surface area contributed by atoms with Gasteiger partial charge < -0.3 is 4.90 Å². The first-order valence-corrected chi connectivity index (χ1v) is 12.5. The summed E-state index contributed by atoms with van der Waals surface area (Å²) >= 11 is 0. The van der Waals surface area contributed by atoms with Crippen LogP contribution in [0.25, 0.3) is 11.4 Å². The van der Waals surface area contributed by atoms with Crippen LogP contribution < -0.4 is 4.90 Å². The van der Waals surface area contributed by atoms with Gasteiger partial charge in [-0.2, -0.15) is 5.10 Å². The van der Waals surface area contributed by atoms with Gasteiger partial charge >= 0.3 is 0 Å². The molecule has 0 saturated heterocycles. The second kappa shape index (κ2) is 7.87. The molecule has 1 aromatic heterocycles. The number of aliphatic imine (C=N–C) groups is 1. The Kier molecular flexibility index (Phi) is 5.28. The van der Waals surface area contributed by atoms with Crippen molar-refractivity contribution in [2.24, 2.45) is 15.5 Å². The molecule has 2 aromatic carbocycles. The van der Waals surface area contributed by atoms with Crippen LogP contribution in [0.5, 0.6) is 0 Å². The highest BCUT2D eigenvalue weighted by molar-refractivity contribution is 6.50. The van der Waals surface area contributed by atoms with E-state index in [9.17, 15) is 0 Å². The van der Waals surface area contributed by atoms with Gasteiger partial charge in [0, 0.05) is 29.3 Å². The lowest BCUT2D eigenvalue weighted by molar-refractivity contribution is 0.395. The molecule has 6 nitrogen and oxygen atoms in total. The van der Waals surface area contributed by atoms with E-state index in [0.717, 1.165) is 34.7 Å². The molecule has 0 amide bonds. The van der Waals surface area contributed by atoms with Gasteiger partial charge in [0.1, 0.15) is 5.71 Å². The fourth-order valence-corrected chi connectivity index (χ4v) is 5.15. The monoisotopic (exact) mass is 468 g/mol. The Hall–Kier alpha value is -3.28. The van der Waals surface area contributed by atoms with Crippen LogP contribution in [0.3, 0.4) is 0 Å². The molecule has 6 heteroatoms. The first-order chi connectivity index (χ1) is 16.3. The highest BCUT2D eigenvalue weighted by Crippen LogP contribution is 2.45. The summed E-state index contributed by atoms with van der Waals surface area (Å²) < 4.78 is 0. The van der Waals surface area contributed by atoms with Crippen LogP contribution in [0.15, 0.2) is 46.5 Å². The van der Waals surface area contributed by atoms with Gasteiger partial charge in [-0.3, -0.25) is 0 Å². The van der Waals surface area contributed by atoms with Crippen molar-refractivity contribution in [2.45, 2.75) is 73.3 Å². The molecule has 3 aromatic rings. The Morgan fingerprint density at radius 1 is 1.06 bits per heavy atom. The second-order valence-corrected chi connectivity index (χ2v) is 11.8. The highest BCUT2D eigenvalue weighted by atomic mass is 15.6. The van der Waals surface area contributed by atoms with E-state index in [0.29, 0.717) is 17.6 Å². The average molecular weight is 469 g/mol. The summed E-state index contributed by atoms with van der Waals surface area (Å²) in [6.45, 7) is 17.7. The van der Waals surface area contributed by atoms with Crippen molar-refractivity contribution in [3.8, 4) is 11.4 Å². The zero-order chi connectivity index (χ0) is 25.3. The maximum Gasteiger partial charge on any atom is 0.204 e. The van der Waals surface area contributed by atoms with E-state index >= 15 is 0 Å². The van der Waals surface area contributed by atoms with Crippen LogP contribution in [0.1, 0.15) is 76.4 Å². The maximum atomic E-state index is 5.22. The molecular weight excluding hydrogens is 432 g/mol. The lowest BCUT2D eigenvalue weighted by atomic mass is 9.80. The molecule has 0 N–H and O–H groups in total. The molecule has 5 rings (SSSR count). The third-order valence-corrected chi connectivity index (χ3v) is 7.43. The number of hydrogen-bond donors (Lipinski definition) is 0. The summed E-state index contributed by atoms with van der Waals surface area (Å²) in [5.74, 6) is 1.84. The smallest absolute Gasteiger partial charge is 0.204 e. The SMILES string of the molecule is Cc1ccc(-c2nc3n(n2)N=C(C(C)(C)C)C3=Nc2cc3c(cc2C)N(C)C(C)(C)CC3C)cc1. The van der Waals surface area contributed by atoms with Gasteiger partial charge in [-0.15, -0.1) is 9.89 Å². The number of benzene rings is 2. The van der Waals surface area contributed by atoms with Crippen molar-refractivity contribution in [3.05, 3.63) is 58.9 Å². The van der Waals surface area contributed by atoms with Gasteiger partial charge in [0.2, 0.25) is 5.82 Å². The summed E-state index contributed by atoms with van der Waals surface area (Å²) in [7, 11) is 2.20. The Bertz CT molecular complexity index is 1370. The largest absolute Gasteiger partial charge is 0.369 e. The van der Waals surface area contributed by atoms with Gasteiger partial charge in [-0.1, -0.05) is 57.5 Å². The van der Waals surface area contributed by atoms with Crippen molar-refractivity contribution >= 4 is 22.8 Å². The fourth-order valence-electron chi connectivity index (χ4n) is 5.15. The summed E-state index contributed by atoms with van der Waals surface area (Å²) in [5, 5.41) is 9.56. The van der Waals surface area contributed by atoms with Crippen LogP contribution in [-0.4, -0.2) is 38.9 Å². The van der Waals surface area contributed by atoms with Crippen molar-refractivity contribution in [1.29, 1.82) is 0 Å². The fraction of sp³-hybridized carbons (Fsp3) is 0.448. The third kappa shape index (κ3) is 3.99. The van der Waals surface area contributed by atoms with Gasteiger partial charge in [0.15, 0.2) is 5.82 Å². The number of rotatable bonds is 2. The Balaban J connectivity index is 1.63. The topological polar surface area (TPSA) is 58.7 Å². The molecule has 35 heavy (non-hydrogen) atoms. The zero-order valence-corrected chi connectivity index (χ0v) is 22.4. The van der Waals surface area contributed by atoms with Crippen molar-refractivity contribution in [3.63, 3.8) is 0 Å². The molecule has 0 fully saturated rings. The van der Waals surface area contributed by atoms with Gasteiger partial charge in [0.25, 0.3) is 0 Å². The van der Waals surface area contributed by atoms with E-state index in [1.165, 1.54) is 16.8 Å². The molecule has 0 spiro atoms. The first kappa shape index (κ1) is 23.5. The normalized spacial score (nSPS) is 20.1. The third-order valence-electron chi connectivity index (χ3n) is 7.43. The van der Waals surface area contributed by atoms with Gasteiger partial charge in [0.05, 0.1) is 11.4 Å². The number of aromatic nitrogens is 3. The molecule has 0 aliphatic carbocycles. The molecule has 3 heterocycles. The lowest BCUT2D eigenvalue weighted by Crippen LogP contribution is -2.45. The molecule has 2 aliphatic heterocycles. The predicted octanol–water partition coefficient (Wildman–Crippen LogP) is 6.67. The minimum atomic E-state index is -0.190. The zero-order valence-electron chi connectivity index (χ0n) is 22.4. The summed E-state index contributed by atoms with van der Waals surface area (Å²) in [6, 6.07) is 12.8. The van der Waals surface area contributed by atoms with Crippen LogP contribution in [-0.2, 0) is 0 Å². The summed E-state index contributed by atoms with van der Waals surface area (Å²) in [4.78, 5) is 14.2. The van der Waals surface area contributed by atoms with E-state index in [-0.39, 0.29) is 11.0 Å². The number of nitrogens with zero attached hydrogens (tertiary/aromatic N) is 6. The minimum Gasteiger partial charge on any atom is -0.369 e. The average Bonchev–Trinajstić information content (AvgIpc) is 3.32. The van der Waals surface area contributed by atoms with Crippen LogP contribution >= 0.6 is 0 Å². The van der Waals surface area contributed by atoms with Crippen molar-refractivity contribution < 1.29 is 0 Å². The number of anilines is 1. The first-order valence-electron chi connectivity index (χ1n) is 12.5. The van der Waals surface area contributed by atoms with Crippen LogP contribution in [0, 0.1) is 19.3 Å². The molecule has 0 radical (unpaired) electrons. The molecular formula is C29H36N6. The highest BCUT2D eigenvalue weighted by Gasteiger charge is 2.37. The maximum absolute atomic E-state index is 5.22. The van der Waals surface area contributed by atoms with Crippen LogP contribution in [0.2, 0.25) is 0 Å². The molecule has 1 atom stereocenters. The van der Waals surface area contributed by atoms with Crippen LogP contribution in [0.4, 0.5) is 11.4 Å². The molecule has 182 valence electrons. The van der Waals surface area contributed by atoms with E-state index < -0.39 is 0 Å². The standard InChI is InChI=1S/C29H36N6/c1-17-10-12-20(13-11-17)26-31-27-24(25(28(4,5)6)32-35(27)33-26)30-22-15-21-19(3)16-29(7,8)34(9)23(21)14-18(22)2/h10-15,19H,16H2,1-9H3. The number of aryl methyl sites for hydroxylation is 2. The molecule has 1 unspecified atom stereocenters. The second-order valence-electron chi connectivity index (χ2n) is 11.8. The number of hydrogen-bond acceptors (Lipinski definition) is 5. The Morgan fingerprint density at radius 2 is 1.74 bits per heavy atom. The Labute approximate surface area is 208 Å². The Morgan fingerprint density at radius 3 is 2.40 bits per heavy atom. The predicted molar refractivity (Wildman–Crippen MR) is 145 cm³/mol. The van der Waals surface area contributed by atoms with E-state index in [4.69, 9.17) is 20.2 Å². The summed E-state index contributed by atoms with van der Waals surface area (Å²) in [5.41, 5.74) is 8.63. The van der Waals surface area contributed by atoms with E-state index in [2.05, 4.69) is 104 Å². The summed E-state index contributed by atoms with van der Waals surface area (Å²) in [6.07, 6.45) is 1.11. The quantitative estimate of drug-likeness (QED) is 0.422.